The van der Waals surface area contributed by atoms with Crippen molar-refractivity contribution in [3.05, 3.63) is 0 Å². The molecule has 0 saturated heterocycles. The van der Waals surface area contributed by atoms with Gasteiger partial charge in [-0.15, -0.1) is 0 Å². The van der Waals surface area contributed by atoms with Crippen molar-refractivity contribution >= 4 is 0 Å². The van der Waals surface area contributed by atoms with Gasteiger partial charge in [-0.3, -0.25) is 5.32 Å². The molecular formula is C13H20N2. The molecule has 2 nitrogen and oxygen atoms in total. The van der Waals surface area contributed by atoms with Gasteiger partial charge in [0.05, 0.1) is 12.1 Å². The van der Waals surface area contributed by atoms with Crippen molar-refractivity contribution in [1.29, 1.82) is 5.26 Å². The molecule has 4 aliphatic carbocycles. The van der Waals surface area contributed by atoms with Crippen molar-refractivity contribution in [2.45, 2.75) is 57.0 Å². The molecule has 4 aliphatic rings. The van der Waals surface area contributed by atoms with Crippen LogP contribution in [0.15, 0.2) is 0 Å². The second-order valence-corrected chi connectivity index (χ2v) is 6.19. The molecule has 0 aromatic heterocycles. The third-order valence-electron chi connectivity index (χ3n) is 4.75. The van der Waals surface area contributed by atoms with Crippen LogP contribution >= 0.6 is 0 Å². The molecule has 0 radical (unpaired) electrons. The van der Waals surface area contributed by atoms with E-state index in [1.165, 1.54) is 38.5 Å². The van der Waals surface area contributed by atoms with Gasteiger partial charge in [-0.1, -0.05) is 0 Å². The summed E-state index contributed by atoms with van der Waals surface area (Å²) >= 11 is 0. The molecule has 1 unspecified atom stereocenters. The van der Waals surface area contributed by atoms with E-state index < -0.39 is 0 Å². The summed E-state index contributed by atoms with van der Waals surface area (Å²) in [5.74, 6) is 2.90. The lowest BCUT2D eigenvalue weighted by molar-refractivity contribution is -0.0217. The van der Waals surface area contributed by atoms with Gasteiger partial charge in [0, 0.05) is 5.54 Å². The molecular weight excluding hydrogens is 184 g/mol. The molecule has 82 valence electrons. The Hall–Kier alpha value is -0.550. The molecule has 4 rings (SSSR count). The van der Waals surface area contributed by atoms with Crippen molar-refractivity contribution in [1.82, 2.24) is 5.32 Å². The quantitative estimate of drug-likeness (QED) is 0.750. The van der Waals surface area contributed by atoms with Gasteiger partial charge in [0.15, 0.2) is 0 Å². The van der Waals surface area contributed by atoms with E-state index in [0.717, 1.165) is 17.8 Å². The Morgan fingerprint density at radius 3 is 2.00 bits per heavy atom. The predicted octanol–water partition coefficient (Wildman–Crippen LogP) is 2.46. The van der Waals surface area contributed by atoms with Crippen molar-refractivity contribution < 1.29 is 0 Å². The standard InChI is InChI=1S/C13H20N2/c1-9(8-14)15-13-5-10-2-11(6-13)4-12(3-10)7-13/h9-12,15H,2-7H2,1H3. The van der Waals surface area contributed by atoms with Crippen molar-refractivity contribution in [3.63, 3.8) is 0 Å². The first-order chi connectivity index (χ1) is 7.19. The fourth-order valence-electron chi connectivity index (χ4n) is 4.78. The molecule has 15 heavy (non-hydrogen) atoms. The maximum atomic E-state index is 8.92. The van der Waals surface area contributed by atoms with Gasteiger partial charge < -0.3 is 0 Å². The number of nitriles is 1. The highest BCUT2D eigenvalue weighted by atomic mass is 15.0. The molecule has 4 saturated carbocycles. The van der Waals surface area contributed by atoms with E-state index >= 15 is 0 Å². The molecule has 1 N–H and O–H groups in total. The number of hydrogen-bond acceptors (Lipinski definition) is 2. The summed E-state index contributed by atoms with van der Waals surface area (Å²) in [5.41, 5.74) is 0.351. The molecule has 2 heteroatoms. The lowest BCUT2D eigenvalue weighted by Crippen LogP contribution is -2.60. The van der Waals surface area contributed by atoms with Crippen LogP contribution in [0, 0.1) is 29.1 Å². The van der Waals surface area contributed by atoms with E-state index in [1.807, 2.05) is 6.92 Å². The highest BCUT2D eigenvalue weighted by Gasteiger charge is 2.51. The van der Waals surface area contributed by atoms with Gasteiger partial charge >= 0.3 is 0 Å². The fraction of sp³-hybridized carbons (Fsp3) is 0.923. The summed E-state index contributed by atoms with van der Waals surface area (Å²) in [7, 11) is 0. The van der Waals surface area contributed by atoms with E-state index in [0.29, 0.717) is 5.54 Å². The second kappa shape index (κ2) is 3.22. The van der Waals surface area contributed by atoms with Gasteiger partial charge in [0.2, 0.25) is 0 Å². The average Bonchev–Trinajstić information content (AvgIpc) is 2.14. The van der Waals surface area contributed by atoms with E-state index in [4.69, 9.17) is 5.26 Å². The molecule has 1 atom stereocenters. The highest BCUT2D eigenvalue weighted by Crippen LogP contribution is 2.55. The summed E-state index contributed by atoms with van der Waals surface area (Å²) in [6.45, 7) is 2.00. The molecule has 0 aromatic rings. The normalized spacial score (nSPS) is 48.9. The first-order valence-electron chi connectivity index (χ1n) is 6.36. The van der Waals surface area contributed by atoms with E-state index in [2.05, 4.69) is 11.4 Å². The highest BCUT2D eigenvalue weighted by molar-refractivity contribution is 5.08. The summed E-state index contributed by atoms with van der Waals surface area (Å²) in [6, 6.07) is 2.36. The van der Waals surface area contributed by atoms with E-state index in [-0.39, 0.29) is 6.04 Å². The van der Waals surface area contributed by atoms with Gasteiger partial charge in [-0.25, -0.2) is 0 Å². The predicted molar refractivity (Wildman–Crippen MR) is 59.1 cm³/mol. The molecule has 0 amide bonds. The Morgan fingerprint density at radius 2 is 1.60 bits per heavy atom. The number of rotatable bonds is 2. The molecule has 0 heterocycles. The Morgan fingerprint density at radius 1 is 1.13 bits per heavy atom. The molecule has 0 spiro atoms. The monoisotopic (exact) mass is 204 g/mol. The summed E-state index contributed by atoms with van der Waals surface area (Å²) in [4.78, 5) is 0. The number of nitrogens with one attached hydrogen (secondary N) is 1. The lowest BCUT2D eigenvalue weighted by atomic mass is 9.53. The zero-order valence-corrected chi connectivity index (χ0v) is 9.50. The van der Waals surface area contributed by atoms with Crippen LogP contribution in [0.4, 0.5) is 0 Å². The fourth-order valence-corrected chi connectivity index (χ4v) is 4.78. The maximum absolute atomic E-state index is 8.92. The Bertz CT molecular complexity index is 267. The van der Waals surface area contributed by atoms with Gasteiger partial charge in [-0.2, -0.15) is 5.26 Å². The minimum Gasteiger partial charge on any atom is -0.297 e. The Labute approximate surface area is 92.0 Å². The molecule has 4 bridgehead atoms. The van der Waals surface area contributed by atoms with Gasteiger partial charge in [0.25, 0.3) is 0 Å². The molecule has 4 fully saturated rings. The first kappa shape index (κ1) is 9.66. The topological polar surface area (TPSA) is 35.8 Å². The average molecular weight is 204 g/mol. The largest absolute Gasteiger partial charge is 0.297 e. The summed E-state index contributed by atoms with van der Waals surface area (Å²) in [5, 5.41) is 12.5. The minimum atomic E-state index is 0.0289. The van der Waals surface area contributed by atoms with Gasteiger partial charge in [0.1, 0.15) is 0 Å². The number of hydrogen-bond donors (Lipinski definition) is 1. The molecule has 0 aliphatic heterocycles. The smallest absolute Gasteiger partial charge is 0.0928 e. The van der Waals surface area contributed by atoms with Crippen LogP contribution in [-0.4, -0.2) is 11.6 Å². The first-order valence-corrected chi connectivity index (χ1v) is 6.36. The zero-order chi connectivity index (χ0) is 10.5. The SMILES string of the molecule is CC(C#N)NC12CC3CC(CC(C3)C1)C2. The Balaban J connectivity index is 1.78. The third kappa shape index (κ3) is 1.58. The van der Waals surface area contributed by atoms with E-state index in [1.54, 1.807) is 0 Å². The summed E-state index contributed by atoms with van der Waals surface area (Å²) < 4.78 is 0. The summed E-state index contributed by atoms with van der Waals surface area (Å²) in [6.07, 6.45) is 8.44. The molecule has 0 aromatic carbocycles. The van der Waals surface area contributed by atoms with Crippen molar-refractivity contribution in [3.8, 4) is 6.07 Å². The minimum absolute atomic E-state index is 0.0289. The van der Waals surface area contributed by atoms with E-state index in [9.17, 15) is 0 Å². The zero-order valence-electron chi connectivity index (χ0n) is 9.50. The third-order valence-corrected chi connectivity index (χ3v) is 4.75. The maximum Gasteiger partial charge on any atom is 0.0928 e. The van der Waals surface area contributed by atoms with Crippen LogP contribution in [0.25, 0.3) is 0 Å². The van der Waals surface area contributed by atoms with Crippen LogP contribution in [0.1, 0.15) is 45.4 Å². The van der Waals surface area contributed by atoms with Crippen molar-refractivity contribution in [2.24, 2.45) is 17.8 Å². The van der Waals surface area contributed by atoms with Crippen LogP contribution in [0.3, 0.4) is 0 Å². The van der Waals surface area contributed by atoms with Crippen LogP contribution in [0.5, 0.6) is 0 Å². The second-order valence-electron chi connectivity index (χ2n) is 6.19. The number of nitrogens with zero attached hydrogens (tertiary/aromatic N) is 1. The Kier molecular flexibility index (Phi) is 2.07. The van der Waals surface area contributed by atoms with Crippen LogP contribution in [0.2, 0.25) is 0 Å². The van der Waals surface area contributed by atoms with Crippen molar-refractivity contribution in [2.75, 3.05) is 0 Å². The van der Waals surface area contributed by atoms with Crippen LogP contribution in [-0.2, 0) is 0 Å². The van der Waals surface area contributed by atoms with Crippen LogP contribution < -0.4 is 5.32 Å². The lowest BCUT2D eigenvalue weighted by Gasteiger charge is -2.57. The van der Waals surface area contributed by atoms with Gasteiger partial charge in [-0.05, 0) is 63.2 Å².